The van der Waals surface area contributed by atoms with Gasteiger partial charge in [-0.2, -0.15) is 0 Å². The monoisotopic (exact) mass is 524 g/mol. The fourth-order valence-electron chi connectivity index (χ4n) is 4.20. The summed E-state index contributed by atoms with van der Waals surface area (Å²) in [6.45, 7) is 10.3. The van der Waals surface area contributed by atoms with Crippen molar-refractivity contribution in [1.29, 1.82) is 0 Å². The van der Waals surface area contributed by atoms with Crippen LogP contribution in [0.5, 0.6) is 0 Å². The van der Waals surface area contributed by atoms with E-state index in [2.05, 4.69) is 56.2 Å². The Kier molecular flexibility index (Phi) is 19.0. The molecule has 2 aromatic rings. The molecule has 0 spiro atoms. The van der Waals surface area contributed by atoms with Crippen LogP contribution in [0.25, 0.3) is 11.1 Å². The molecule has 0 unspecified atom stereocenters. The summed E-state index contributed by atoms with van der Waals surface area (Å²) in [4.78, 5) is 12.2. The summed E-state index contributed by atoms with van der Waals surface area (Å²) < 4.78 is 0. The molecular formula is C31H52N6O. The van der Waals surface area contributed by atoms with Crippen LogP contribution < -0.4 is 31.9 Å². The maximum absolute atomic E-state index is 12.2. The average molecular weight is 525 g/mol. The first kappa shape index (κ1) is 31.9. The van der Waals surface area contributed by atoms with E-state index in [1.54, 1.807) is 0 Å². The van der Waals surface area contributed by atoms with Crippen LogP contribution >= 0.6 is 0 Å². The second kappa shape index (κ2) is 22.7. The van der Waals surface area contributed by atoms with Crippen molar-refractivity contribution in [2.24, 2.45) is 0 Å². The molecule has 0 fully saturated rings. The summed E-state index contributed by atoms with van der Waals surface area (Å²) in [7, 11) is 2.00. The van der Waals surface area contributed by atoms with Gasteiger partial charge in [0, 0.05) is 6.54 Å². The molecule has 0 aliphatic carbocycles. The molecule has 7 heteroatoms. The number of carbonyl (C=O) groups excluding carboxylic acids is 1. The standard InChI is InChI=1S/C31H52N6O/c1-32-17-7-20-33-18-5-6-19-34-21-8-22-35-23-9-24-36-25-10-26-37-31(38)27-28-13-15-30(16-14-28)29-11-3-2-4-12-29/h2-4,11-16,32-36H,5-10,17-27H2,1H3,(H,37,38). The molecule has 1 amide bonds. The van der Waals surface area contributed by atoms with Crippen LogP contribution in [0.15, 0.2) is 54.6 Å². The smallest absolute Gasteiger partial charge is 0.224 e. The van der Waals surface area contributed by atoms with Crippen LogP contribution in [0.3, 0.4) is 0 Å². The fourth-order valence-corrected chi connectivity index (χ4v) is 4.20. The summed E-state index contributed by atoms with van der Waals surface area (Å²) in [5.41, 5.74) is 3.41. The van der Waals surface area contributed by atoms with Gasteiger partial charge in [-0.05, 0) is 121 Å². The molecule has 0 saturated carbocycles. The van der Waals surface area contributed by atoms with Gasteiger partial charge >= 0.3 is 0 Å². The molecule has 7 nitrogen and oxygen atoms in total. The third-order valence-electron chi connectivity index (χ3n) is 6.43. The van der Waals surface area contributed by atoms with Gasteiger partial charge in [-0.1, -0.05) is 54.6 Å². The Balaban J connectivity index is 1.30. The molecule has 0 radical (unpaired) electrons. The number of rotatable bonds is 24. The van der Waals surface area contributed by atoms with Gasteiger partial charge in [0.2, 0.25) is 5.91 Å². The van der Waals surface area contributed by atoms with E-state index in [-0.39, 0.29) is 5.91 Å². The lowest BCUT2D eigenvalue weighted by molar-refractivity contribution is -0.120. The normalized spacial score (nSPS) is 11.1. The van der Waals surface area contributed by atoms with E-state index in [0.717, 1.165) is 77.3 Å². The Morgan fingerprint density at radius 1 is 0.526 bits per heavy atom. The molecule has 6 N–H and O–H groups in total. The highest BCUT2D eigenvalue weighted by molar-refractivity contribution is 5.78. The van der Waals surface area contributed by atoms with Gasteiger partial charge in [-0.3, -0.25) is 4.79 Å². The van der Waals surface area contributed by atoms with Crippen LogP contribution in [-0.4, -0.2) is 78.4 Å². The third kappa shape index (κ3) is 16.5. The SMILES string of the molecule is CNCCCNCCCCNCCCNCCCNCCCNC(=O)Cc1ccc(-c2ccccc2)cc1. The quantitative estimate of drug-likeness (QED) is 0.118. The maximum Gasteiger partial charge on any atom is 0.224 e. The molecule has 38 heavy (non-hydrogen) atoms. The summed E-state index contributed by atoms with van der Waals surface area (Å²) in [6, 6.07) is 18.6. The van der Waals surface area contributed by atoms with Gasteiger partial charge in [-0.25, -0.2) is 0 Å². The Morgan fingerprint density at radius 3 is 1.50 bits per heavy atom. The number of nitrogens with one attached hydrogen (secondary N) is 6. The van der Waals surface area contributed by atoms with Crippen LogP contribution in [0, 0.1) is 0 Å². The van der Waals surface area contributed by atoms with E-state index in [4.69, 9.17) is 0 Å². The van der Waals surface area contributed by atoms with Crippen molar-refractivity contribution < 1.29 is 4.79 Å². The van der Waals surface area contributed by atoms with Crippen molar-refractivity contribution in [1.82, 2.24) is 31.9 Å². The zero-order chi connectivity index (χ0) is 26.9. The number of benzene rings is 2. The number of hydrogen-bond donors (Lipinski definition) is 6. The Labute approximate surface area is 231 Å². The third-order valence-corrected chi connectivity index (χ3v) is 6.43. The van der Waals surface area contributed by atoms with Crippen molar-refractivity contribution in [3.8, 4) is 11.1 Å². The molecule has 0 aromatic heterocycles. The molecule has 2 rings (SSSR count). The van der Waals surface area contributed by atoms with Gasteiger partial charge < -0.3 is 31.9 Å². The Morgan fingerprint density at radius 2 is 0.974 bits per heavy atom. The van der Waals surface area contributed by atoms with Crippen molar-refractivity contribution in [3.05, 3.63) is 60.2 Å². The van der Waals surface area contributed by atoms with E-state index < -0.39 is 0 Å². The summed E-state index contributed by atoms with van der Waals surface area (Å²) in [5.74, 6) is 0.0870. The van der Waals surface area contributed by atoms with E-state index in [0.29, 0.717) is 13.0 Å². The van der Waals surface area contributed by atoms with Gasteiger partial charge in [-0.15, -0.1) is 0 Å². The maximum atomic E-state index is 12.2. The first-order chi connectivity index (χ1) is 18.8. The lowest BCUT2D eigenvalue weighted by Gasteiger charge is -2.09. The molecule has 2 aromatic carbocycles. The fraction of sp³-hybridized carbons (Fsp3) is 0.581. The number of hydrogen-bond acceptors (Lipinski definition) is 6. The molecule has 0 aliphatic rings. The van der Waals surface area contributed by atoms with Gasteiger partial charge in [0.05, 0.1) is 6.42 Å². The Bertz CT molecular complexity index is 815. The van der Waals surface area contributed by atoms with Crippen molar-refractivity contribution >= 4 is 5.91 Å². The minimum Gasteiger partial charge on any atom is -0.356 e. The van der Waals surface area contributed by atoms with Crippen molar-refractivity contribution in [3.63, 3.8) is 0 Å². The number of carbonyl (C=O) groups is 1. The van der Waals surface area contributed by atoms with Gasteiger partial charge in [0.15, 0.2) is 0 Å². The highest BCUT2D eigenvalue weighted by Gasteiger charge is 2.04. The topological polar surface area (TPSA) is 89.2 Å². The lowest BCUT2D eigenvalue weighted by atomic mass is 10.0. The van der Waals surface area contributed by atoms with E-state index >= 15 is 0 Å². The van der Waals surface area contributed by atoms with Crippen LogP contribution in [0.1, 0.15) is 44.1 Å². The van der Waals surface area contributed by atoms with Crippen LogP contribution in [0.4, 0.5) is 0 Å². The predicted octanol–water partition coefficient (Wildman–Crippen LogP) is 2.93. The van der Waals surface area contributed by atoms with Crippen molar-refractivity contribution in [2.75, 3.05) is 72.5 Å². The van der Waals surface area contributed by atoms with Gasteiger partial charge in [0.1, 0.15) is 0 Å². The first-order valence-corrected chi connectivity index (χ1v) is 14.7. The highest BCUT2D eigenvalue weighted by Crippen LogP contribution is 2.19. The van der Waals surface area contributed by atoms with Crippen LogP contribution in [0.2, 0.25) is 0 Å². The van der Waals surface area contributed by atoms with E-state index in [1.165, 1.54) is 36.8 Å². The average Bonchev–Trinajstić information content (AvgIpc) is 2.95. The zero-order valence-corrected chi connectivity index (χ0v) is 23.6. The predicted molar refractivity (Wildman–Crippen MR) is 162 cm³/mol. The highest BCUT2D eigenvalue weighted by atomic mass is 16.1. The molecule has 0 bridgehead atoms. The van der Waals surface area contributed by atoms with Crippen LogP contribution in [-0.2, 0) is 11.2 Å². The summed E-state index contributed by atoms with van der Waals surface area (Å²) in [5, 5.41) is 20.2. The molecule has 0 heterocycles. The minimum absolute atomic E-state index is 0.0870. The molecule has 0 saturated heterocycles. The second-order valence-corrected chi connectivity index (χ2v) is 9.81. The van der Waals surface area contributed by atoms with E-state index in [9.17, 15) is 4.79 Å². The molecule has 0 atom stereocenters. The number of unbranched alkanes of at least 4 members (excludes halogenated alkanes) is 1. The van der Waals surface area contributed by atoms with Crippen molar-refractivity contribution in [2.45, 2.75) is 44.9 Å². The largest absolute Gasteiger partial charge is 0.356 e. The molecule has 212 valence electrons. The Hall–Kier alpha value is -2.29. The first-order valence-electron chi connectivity index (χ1n) is 14.7. The zero-order valence-electron chi connectivity index (χ0n) is 23.6. The second-order valence-electron chi connectivity index (χ2n) is 9.81. The van der Waals surface area contributed by atoms with E-state index in [1.807, 2.05) is 37.4 Å². The summed E-state index contributed by atoms with van der Waals surface area (Å²) in [6.07, 6.45) is 7.36. The molecular weight excluding hydrogens is 472 g/mol. The minimum atomic E-state index is 0.0870. The summed E-state index contributed by atoms with van der Waals surface area (Å²) >= 11 is 0. The molecule has 0 aliphatic heterocycles. The lowest BCUT2D eigenvalue weighted by Crippen LogP contribution is -2.29. The number of amides is 1. The van der Waals surface area contributed by atoms with Gasteiger partial charge in [0.25, 0.3) is 0 Å².